The van der Waals surface area contributed by atoms with Crippen molar-refractivity contribution in [2.45, 2.75) is 0 Å². The number of aldehydes is 1. The minimum Gasteiger partial charge on any atom is -0.443 e. The molecule has 0 fully saturated rings. The van der Waals surface area contributed by atoms with E-state index in [1.165, 1.54) is 12.6 Å². The molecule has 0 saturated heterocycles. The zero-order valence-electron chi connectivity index (χ0n) is 10.6. The zero-order chi connectivity index (χ0) is 15.1. The fourth-order valence-corrected chi connectivity index (χ4v) is 2.15. The third-order valence-corrected chi connectivity index (χ3v) is 3.15. The van der Waals surface area contributed by atoms with Crippen LogP contribution >= 0.6 is 31.9 Å². The van der Waals surface area contributed by atoms with Crippen molar-refractivity contribution in [1.29, 1.82) is 0 Å². The maximum atomic E-state index is 10.1. The Morgan fingerprint density at radius 3 is 2.14 bits per heavy atom. The number of hydrogen-bond acceptors (Lipinski definition) is 5. The molecule has 0 amide bonds. The van der Waals surface area contributed by atoms with Crippen molar-refractivity contribution in [3.05, 3.63) is 64.0 Å². The van der Waals surface area contributed by atoms with Crippen molar-refractivity contribution >= 4 is 38.1 Å². The Morgan fingerprint density at radius 2 is 1.62 bits per heavy atom. The summed E-state index contributed by atoms with van der Waals surface area (Å²) in [7, 11) is 0. The van der Waals surface area contributed by atoms with Gasteiger partial charge in [0.15, 0.2) is 18.4 Å². The third kappa shape index (κ3) is 4.87. The Balaban J connectivity index is 0.000000161. The van der Waals surface area contributed by atoms with Crippen LogP contribution in [0.3, 0.4) is 0 Å². The van der Waals surface area contributed by atoms with Gasteiger partial charge < -0.3 is 4.42 Å². The SMILES string of the molecule is Brc1cncc(-c2cnco2)c1.O=Cc1cncc(Br)c1. The molecule has 7 heteroatoms. The normalized spacial score (nSPS) is 9.62. The molecule has 0 N–H and O–H groups in total. The molecule has 0 aliphatic carbocycles. The first-order valence-electron chi connectivity index (χ1n) is 5.74. The van der Waals surface area contributed by atoms with Crippen LogP contribution in [0.1, 0.15) is 10.4 Å². The van der Waals surface area contributed by atoms with Gasteiger partial charge in [-0.15, -0.1) is 0 Å². The minimum atomic E-state index is 0.587. The number of aromatic nitrogens is 3. The van der Waals surface area contributed by atoms with E-state index in [-0.39, 0.29) is 0 Å². The highest BCUT2D eigenvalue weighted by molar-refractivity contribution is 9.10. The molecule has 3 heterocycles. The van der Waals surface area contributed by atoms with Gasteiger partial charge in [0.2, 0.25) is 0 Å². The van der Waals surface area contributed by atoms with Crippen molar-refractivity contribution in [3.8, 4) is 11.3 Å². The van der Waals surface area contributed by atoms with E-state index >= 15 is 0 Å². The Kier molecular flexibility index (Phi) is 5.77. The number of rotatable bonds is 2. The van der Waals surface area contributed by atoms with E-state index in [0.717, 1.165) is 26.6 Å². The molecule has 106 valence electrons. The highest BCUT2D eigenvalue weighted by Gasteiger charge is 2.00. The topological polar surface area (TPSA) is 68.9 Å². The summed E-state index contributed by atoms with van der Waals surface area (Å²) in [5.41, 5.74) is 1.51. The number of pyridine rings is 2. The molecule has 0 unspecified atom stereocenters. The Labute approximate surface area is 137 Å². The fourth-order valence-electron chi connectivity index (χ4n) is 1.40. The summed E-state index contributed by atoms with van der Waals surface area (Å²) in [6.45, 7) is 0. The van der Waals surface area contributed by atoms with Crippen LogP contribution in [-0.4, -0.2) is 21.2 Å². The molecule has 5 nitrogen and oxygen atoms in total. The van der Waals surface area contributed by atoms with E-state index in [0.29, 0.717) is 5.56 Å². The van der Waals surface area contributed by atoms with Crippen molar-refractivity contribution in [2.24, 2.45) is 0 Å². The monoisotopic (exact) mass is 409 g/mol. The molecule has 21 heavy (non-hydrogen) atoms. The molecule has 0 aliphatic heterocycles. The standard InChI is InChI=1S/C8H5BrN2O.C6H4BrNO/c9-7-1-6(2-10-3-7)8-4-11-5-12-8;7-6-1-5(4-9)2-8-3-6/h1-5H;1-4H. The van der Waals surface area contributed by atoms with Gasteiger partial charge >= 0.3 is 0 Å². The van der Waals surface area contributed by atoms with Gasteiger partial charge in [-0.1, -0.05) is 0 Å². The van der Waals surface area contributed by atoms with Crippen LogP contribution in [0.5, 0.6) is 0 Å². The van der Waals surface area contributed by atoms with Crippen molar-refractivity contribution in [3.63, 3.8) is 0 Å². The van der Waals surface area contributed by atoms with Gasteiger partial charge in [0, 0.05) is 44.9 Å². The smallest absolute Gasteiger partial charge is 0.181 e. The van der Waals surface area contributed by atoms with E-state index in [1.807, 2.05) is 6.07 Å². The van der Waals surface area contributed by atoms with Gasteiger partial charge in [0.25, 0.3) is 0 Å². The average Bonchev–Trinajstić information content (AvgIpc) is 3.02. The molecule has 0 spiro atoms. The summed E-state index contributed by atoms with van der Waals surface area (Å²) >= 11 is 6.50. The summed E-state index contributed by atoms with van der Waals surface area (Å²) < 4.78 is 6.86. The Morgan fingerprint density at radius 1 is 0.905 bits per heavy atom. The van der Waals surface area contributed by atoms with Gasteiger partial charge in [-0.2, -0.15) is 0 Å². The van der Waals surface area contributed by atoms with Crippen LogP contribution in [0.2, 0.25) is 0 Å². The molecular formula is C14H9Br2N3O2. The van der Waals surface area contributed by atoms with E-state index < -0.39 is 0 Å². The molecule has 3 aromatic heterocycles. The van der Waals surface area contributed by atoms with E-state index in [4.69, 9.17) is 4.42 Å². The first-order chi connectivity index (χ1) is 10.2. The molecule has 0 radical (unpaired) electrons. The van der Waals surface area contributed by atoms with Gasteiger partial charge in [-0.25, -0.2) is 4.98 Å². The maximum Gasteiger partial charge on any atom is 0.181 e. The van der Waals surface area contributed by atoms with Gasteiger partial charge in [0.05, 0.1) is 6.20 Å². The maximum absolute atomic E-state index is 10.1. The summed E-state index contributed by atoms with van der Waals surface area (Å²) in [4.78, 5) is 21.7. The molecule has 0 aliphatic rings. The van der Waals surface area contributed by atoms with Crippen LogP contribution in [0.15, 0.2) is 62.9 Å². The second-order valence-electron chi connectivity index (χ2n) is 3.81. The second kappa shape index (κ2) is 7.80. The lowest BCUT2D eigenvalue weighted by molar-refractivity contribution is 0.112. The number of nitrogens with zero attached hydrogens (tertiary/aromatic N) is 3. The quantitative estimate of drug-likeness (QED) is 0.593. The summed E-state index contributed by atoms with van der Waals surface area (Å²) in [5, 5.41) is 0. The lowest BCUT2D eigenvalue weighted by atomic mass is 10.2. The number of halogens is 2. The predicted octanol–water partition coefficient (Wildman–Crippen LogP) is 4.16. The summed E-state index contributed by atoms with van der Waals surface area (Å²) in [5.74, 6) is 0.726. The lowest BCUT2D eigenvalue weighted by Crippen LogP contribution is -1.79. The number of carbonyl (C=O) groups excluding carboxylic acids is 1. The van der Waals surface area contributed by atoms with Crippen molar-refractivity contribution in [1.82, 2.24) is 15.0 Å². The van der Waals surface area contributed by atoms with Gasteiger partial charge in [0.1, 0.15) is 0 Å². The van der Waals surface area contributed by atoms with Crippen LogP contribution in [0.25, 0.3) is 11.3 Å². The zero-order valence-corrected chi connectivity index (χ0v) is 13.8. The lowest BCUT2D eigenvalue weighted by Gasteiger charge is -1.94. The third-order valence-electron chi connectivity index (χ3n) is 2.28. The van der Waals surface area contributed by atoms with Gasteiger partial charge in [-0.05, 0) is 44.0 Å². The van der Waals surface area contributed by atoms with E-state index in [2.05, 4.69) is 46.8 Å². The first-order valence-corrected chi connectivity index (χ1v) is 7.33. The summed E-state index contributed by atoms with van der Waals surface area (Å²) in [6, 6.07) is 3.63. The molecule has 0 bridgehead atoms. The van der Waals surface area contributed by atoms with Gasteiger partial charge in [-0.3, -0.25) is 14.8 Å². The number of oxazole rings is 1. The average molecular weight is 411 g/mol. The second-order valence-corrected chi connectivity index (χ2v) is 5.64. The Bertz CT molecular complexity index is 718. The highest BCUT2D eigenvalue weighted by Crippen LogP contribution is 2.20. The predicted molar refractivity (Wildman–Crippen MR) is 84.8 cm³/mol. The van der Waals surface area contributed by atoms with Crippen LogP contribution < -0.4 is 0 Å². The molecule has 0 saturated carbocycles. The molecule has 3 aromatic rings. The van der Waals surface area contributed by atoms with Crippen molar-refractivity contribution < 1.29 is 9.21 Å². The van der Waals surface area contributed by atoms with E-state index in [9.17, 15) is 4.79 Å². The molecule has 0 atom stereocenters. The van der Waals surface area contributed by atoms with Crippen LogP contribution in [0.4, 0.5) is 0 Å². The Hall–Kier alpha value is -1.86. The largest absolute Gasteiger partial charge is 0.443 e. The number of carbonyl (C=O) groups is 1. The molecule has 3 rings (SSSR count). The first kappa shape index (κ1) is 15.5. The number of hydrogen-bond donors (Lipinski definition) is 0. The minimum absolute atomic E-state index is 0.587. The van der Waals surface area contributed by atoms with Crippen LogP contribution in [-0.2, 0) is 0 Å². The fraction of sp³-hybridized carbons (Fsp3) is 0. The van der Waals surface area contributed by atoms with E-state index in [1.54, 1.807) is 30.9 Å². The summed E-state index contributed by atoms with van der Waals surface area (Å²) in [6.07, 6.45) is 10.4. The van der Waals surface area contributed by atoms with Crippen molar-refractivity contribution in [2.75, 3.05) is 0 Å². The molecule has 0 aromatic carbocycles. The highest BCUT2D eigenvalue weighted by atomic mass is 79.9. The van der Waals surface area contributed by atoms with Crippen LogP contribution in [0, 0.1) is 0 Å². The molecular weight excluding hydrogens is 402 g/mol.